The van der Waals surface area contributed by atoms with Crippen molar-refractivity contribution in [1.82, 2.24) is 15.0 Å². The zero-order valence-corrected chi connectivity index (χ0v) is 12.5. The number of hydrogen-bond donors (Lipinski definition) is 2. The minimum atomic E-state index is -0.469. The van der Waals surface area contributed by atoms with Crippen LogP contribution in [0.15, 0.2) is 55.0 Å². The largest absolute Gasteiger partial charge is 0.382 e. The van der Waals surface area contributed by atoms with Gasteiger partial charge in [0.05, 0.1) is 35.4 Å². The molecule has 24 heavy (non-hydrogen) atoms. The first-order valence-corrected chi connectivity index (χ1v) is 7.02. The molecule has 0 fully saturated rings. The molecule has 0 radical (unpaired) electrons. The number of nitrogen functional groups attached to an aromatic ring is 1. The summed E-state index contributed by atoms with van der Waals surface area (Å²) in [7, 11) is 0. The van der Waals surface area contributed by atoms with Crippen molar-refractivity contribution >= 4 is 17.4 Å². The third-order valence-corrected chi connectivity index (χ3v) is 3.25. The zero-order valence-electron chi connectivity index (χ0n) is 12.5. The second-order valence-corrected chi connectivity index (χ2v) is 4.87. The van der Waals surface area contributed by atoms with E-state index < -0.39 is 5.91 Å². The van der Waals surface area contributed by atoms with Gasteiger partial charge in [0.15, 0.2) is 11.5 Å². The van der Waals surface area contributed by atoms with Crippen LogP contribution in [0.1, 0.15) is 16.1 Å². The highest BCUT2D eigenvalue weighted by Crippen LogP contribution is 2.19. The first kappa shape index (κ1) is 15.1. The van der Waals surface area contributed by atoms with Gasteiger partial charge < -0.3 is 11.1 Å². The van der Waals surface area contributed by atoms with E-state index in [4.69, 9.17) is 11.0 Å². The van der Waals surface area contributed by atoms with Crippen molar-refractivity contribution in [3.05, 3.63) is 66.2 Å². The van der Waals surface area contributed by atoms with Crippen molar-refractivity contribution < 1.29 is 4.79 Å². The number of nitrogens with zero attached hydrogens (tertiary/aromatic N) is 4. The molecule has 0 aliphatic heterocycles. The second kappa shape index (κ2) is 6.54. The van der Waals surface area contributed by atoms with Gasteiger partial charge in [-0.1, -0.05) is 12.1 Å². The Kier molecular flexibility index (Phi) is 4.12. The van der Waals surface area contributed by atoms with Crippen LogP contribution >= 0.6 is 0 Å². The van der Waals surface area contributed by atoms with Crippen LogP contribution in [0.3, 0.4) is 0 Å². The van der Waals surface area contributed by atoms with Crippen LogP contribution in [-0.2, 0) is 0 Å². The Morgan fingerprint density at radius 3 is 2.62 bits per heavy atom. The Labute approximate surface area is 137 Å². The molecular formula is C17H12N6O. The summed E-state index contributed by atoms with van der Waals surface area (Å²) in [4.78, 5) is 24.6. The van der Waals surface area contributed by atoms with Gasteiger partial charge >= 0.3 is 0 Å². The number of amides is 1. The van der Waals surface area contributed by atoms with Crippen molar-refractivity contribution in [2.75, 3.05) is 11.1 Å². The first-order valence-electron chi connectivity index (χ1n) is 7.02. The monoisotopic (exact) mass is 316 g/mol. The number of pyridine rings is 1. The molecule has 7 heteroatoms. The van der Waals surface area contributed by atoms with Crippen LogP contribution in [0.2, 0.25) is 0 Å². The maximum absolute atomic E-state index is 12.4. The van der Waals surface area contributed by atoms with Crippen molar-refractivity contribution in [3.63, 3.8) is 0 Å². The van der Waals surface area contributed by atoms with E-state index in [1.807, 2.05) is 6.07 Å². The molecule has 116 valence electrons. The van der Waals surface area contributed by atoms with Gasteiger partial charge in [-0.05, 0) is 24.3 Å². The summed E-state index contributed by atoms with van der Waals surface area (Å²) in [6.45, 7) is 0. The fourth-order valence-electron chi connectivity index (χ4n) is 2.05. The minimum Gasteiger partial charge on any atom is -0.382 e. The number of carbonyl (C=O) groups excluding carboxylic acids is 1. The average molecular weight is 316 g/mol. The highest BCUT2D eigenvalue weighted by atomic mass is 16.1. The maximum Gasteiger partial charge on any atom is 0.278 e. The Morgan fingerprint density at radius 1 is 1.17 bits per heavy atom. The molecule has 0 spiro atoms. The number of nitrogens with one attached hydrogen (secondary N) is 1. The molecule has 3 rings (SSSR count). The normalized spacial score (nSPS) is 9.96. The van der Waals surface area contributed by atoms with Gasteiger partial charge in [0.25, 0.3) is 5.91 Å². The Morgan fingerprint density at radius 2 is 1.96 bits per heavy atom. The zero-order chi connectivity index (χ0) is 16.9. The molecule has 0 unspecified atom stereocenters. The number of hydrogen-bond acceptors (Lipinski definition) is 6. The lowest BCUT2D eigenvalue weighted by Crippen LogP contribution is -2.17. The molecule has 1 amide bonds. The summed E-state index contributed by atoms with van der Waals surface area (Å²) in [5.74, 6) is -0.433. The highest BCUT2D eigenvalue weighted by Gasteiger charge is 2.15. The van der Waals surface area contributed by atoms with E-state index in [-0.39, 0.29) is 11.5 Å². The van der Waals surface area contributed by atoms with Gasteiger partial charge in [-0.25, -0.2) is 9.97 Å². The van der Waals surface area contributed by atoms with E-state index in [1.165, 1.54) is 12.4 Å². The summed E-state index contributed by atoms with van der Waals surface area (Å²) < 4.78 is 0. The fraction of sp³-hybridized carbons (Fsp3) is 0. The topological polar surface area (TPSA) is 118 Å². The van der Waals surface area contributed by atoms with Gasteiger partial charge in [0.1, 0.15) is 0 Å². The first-order chi connectivity index (χ1) is 11.7. The van der Waals surface area contributed by atoms with Gasteiger partial charge in [-0.2, -0.15) is 5.26 Å². The van der Waals surface area contributed by atoms with Gasteiger partial charge in [-0.3, -0.25) is 9.78 Å². The van der Waals surface area contributed by atoms with Crippen LogP contribution in [0.5, 0.6) is 0 Å². The Balaban J connectivity index is 1.91. The van der Waals surface area contributed by atoms with Crippen molar-refractivity contribution in [2.45, 2.75) is 0 Å². The lowest BCUT2D eigenvalue weighted by Gasteiger charge is -2.08. The van der Waals surface area contributed by atoms with Crippen LogP contribution in [0.4, 0.5) is 11.5 Å². The molecular weight excluding hydrogens is 304 g/mol. The van der Waals surface area contributed by atoms with Crippen molar-refractivity contribution in [3.8, 4) is 17.3 Å². The maximum atomic E-state index is 12.4. The molecule has 7 nitrogen and oxygen atoms in total. The van der Waals surface area contributed by atoms with E-state index in [0.29, 0.717) is 16.9 Å². The molecule has 0 saturated heterocycles. The van der Waals surface area contributed by atoms with E-state index >= 15 is 0 Å². The molecule has 2 heterocycles. The van der Waals surface area contributed by atoms with Gasteiger partial charge in [0.2, 0.25) is 0 Å². The van der Waals surface area contributed by atoms with Crippen LogP contribution in [-0.4, -0.2) is 20.9 Å². The predicted octanol–water partition coefficient (Wildman–Crippen LogP) is 2.24. The standard InChI is InChI=1S/C17H12N6O/c18-8-11-3-5-12(6-4-11)14-10-21-16(19)15(23-14)17(24)22-13-2-1-7-20-9-13/h1-7,9-10H,(H2,19,21)(H,22,24). The molecule has 2 aromatic heterocycles. The van der Waals surface area contributed by atoms with E-state index in [2.05, 4.69) is 20.3 Å². The number of anilines is 2. The third-order valence-electron chi connectivity index (χ3n) is 3.25. The minimum absolute atomic E-state index is 0.0284. The number of benzene rings is 1. The van der Waals surface area contributed by atoms with E-state index in [0.717, 1.165) is 5.56 Å². The molecule has 0 aliphatic carbocycles. The van der Waals surface area contributed by atoms with Crippen LogP contribution in [0.25, 0.3) is 11.3 Å². The Hall–Kier alpha value is -3.79. The number of carbonyl (C=O) groups is 1. The quantitative estimate of drug-likeness (QED) is 0.765. The Bertz CT molecular complexity index is 916. The second-order valence-electron chi connectivity index (χ2n) is 4.87. The molecule has 0 aliphatic rings. The van der Waals surface area contributed by atoms with E-state index in [9.17, 15) is 4.79 Å². The van der Waals surface area contributed by atoms with Crippen molar-refractivity contribution in [1.29, 1.82) is 5.26 Å². The van der Waals surface area contributed by atoms with Crippen LogP contribution < -0.4 is 11.1 Å². The molecule has 0 atom stereocenters. The number of nitrogens with two attached hydrogens (primary N) is 1. The third kappa shape index (κ3) is 3.18. The van der Waals surface area contributed by atoms with Gasteiger partial charge in [0, 0.05) is 11.8 Å². The lowest BCUT2D eigenvalue weighted by atomic mass is 10.1. The van der Waals surface area contributed by atoms with Crippen LogP contribution in [0, 0.1) is 11.3 Å². The smallest absolute Gasteiger partial charge is 0.278 e. The number of nitriles is 1. The summed E-state index contributed by atoms with van der Waals surface area (Å²) >= 11 is 0. The average Bonchev–Trinajstić information content (AvgIpc) is 2.63. The molecule has 3 aromatic rings. The number of aromatic nitrogens is 3. The molecule has 0 bridgehead atoms. The fourth-order valence-corrected chi connectivity index (χ4v) is 2.05. The predicted molar refractivity (Wildman–Crippen MR) is 88.8 cm³/mol. The van der Waals surface area contributed by atoms with E-state index in [1.54, 1.807) is 42.6 Å². The molecule has 0 saturated carbocycles. The van der Waals surface area contributed by atoms with Gasteiger partial charge in [-0.15, -0.1) is 0 Å². The highest BCUT2D eigenvalue weighted by molar-refractivity contribution is 6.05. The summed E-state index contributed by atoms with van der Waals surface area (Å²) in [6.07, 6.45) is 4.61. The molecule has 3 N–H and O–H groups in total. The lowest BCUT2D eigenvalue weighted by molar-refractivity contribution is 0.102. The molecule has 1 aromatic carbocycles. The summed E-state index contributed by atoms with van der Waals surface area (Å²) in [6, 6.07) is 12.3. The SMILES string of the molecule is N#Cc1ccc(-c2cnc(N)c(C(=O)Nc3cccnc3)n2)cc1. The summed E-state index contributed by atoms with van der Waals surface area (Å²) in [5.41, 5.74) is 8.10. The summed E-state index contributed by atoms with van der Waals surface area (Å²) in [5, 5.41) is 11.5. The number of rotatable bonds is 3. The van der Waals surface area contributed by atoms with Crippen molar-refractivity contribution in [2.24, 2.45) is 0 Å².